The molecule has 10 nitrogen and oxygen atoms in total. The number of carbonyl (C=O) groups is 2. The van der Waals surface area contributed by atoms with E-state index in [4.69, 9.17) is 24.8 Å². The fourth-order valence-electron chi connectivity index (χ4n) is 4.54. The van der Waals surface area contributed by atoms with Crippen LogP contribution >= 0.6 is 7.82 Å². The first-order valence-electron chi connectivity index (χ1n) is 17.2. The molecule has 0 aliphatic rings. The van der Waals surface area contributed by atoms with Crippen molar-refractivity contribution in [2.24, 2.45) is 5.73 Å². The lowest BCUT2D eigenvalue weighted by molar-refractivity contribution is -0.154. The summed E-state index contributed by atoms with van der Waals surface area (Å²) in [6.45, 7) is 3.81. The van der Waals surface area contributed by atoms with Gasteiger partial charge in [0, 0.05) is 13.0 Å². The molecule has 0 aliphatic carbocycles. The lowest BCUT2D eigenvalue weighted by Crippen LogP contribution is -2.34. The highest BCUT2D eigenvalue weighted by Crippen LogP contribution is 2.43. The van der Waals surface area contributed by atoms with Crippen LogP contribution in [0.5, 0.6) is 0 Å². The Morgan fingerprint density at radius 2 is 1.18 bits per heavy atom. The van der Waals surface area contributed by atoms with Gasteiger partial charge in [0.25, 0.3) is 0 Å². The number of carbonyl (C=O) groups excluding carboxylic acids is 1. The molecule has 4 N–H and O–H groups in total. The minimum absolute atomic E-state index is 0.0170. The van der Waals surface area contributed by atoms with Crippen LogP contribution in [-0.2, 0) is 32.7 Å². The monoisotopic (exact) mass is 649 g/mol. The van der Waals surface area contributed by atoms with E-state index in [0.29, 0.717) is 13.0 Å². The zero-order valence-electron chi connectivity index (χ0n) is 27.8. The van der Waals surface area contributed by atoms with Gasteiger partial charge in [0.2, 0.25) is 0 Å². The van der Waals surface area contributed by atoms with Gasteiger partial charge in [-0.25, -0.2) is 4.57 Å². The summed E-state index contributed by atoms with van der Waals surface area (Å²) in [4.78, 5) is 33.2. The zero-order chi connectivity index (χ0) is 32.7. The highest BCUT2D eigenvalue weighted by atomic mass is 31.2. The van der Waals surface area contributed by atoms with E-state index in [0.717, 1.165) is 51.4 Å². The second-order valence-electron chi connectivity index (χ2n) is 11.6. The molecule has 0 fully saturated rings. The fraction of sp³-hybridized carbons (Fsp3) is 0.879. The van der Waals surface area contributed by atoms with Gasteiger partial charge in [0.1, 0.15) is 12.1 Å². The van der Waals surface area contributed by atoms with Crippen molar-refractivity contribution in [2.45, 2.75) is 161 Å². The third-order valence-electron chi connectivity index (χ3n) is 7.29. The smallest absolute Gasteiger partial charge is 0.472 e. The molecule has 11 heteroatoms. The summed E-state index contributed by atoms with van der Waals surface area (Å²) in [6.07, 6.45) is 27.0. The number of carboxylic acids is 1. The molecule has 0 spiro atoms. The van der Waals surface area contributed by atoms with Crippen LogP contribution in [0, 0.1) is 0 Å². The van der Waals surface area contributed by atoms with Gasteiger partial charge >= 0.3 is 19.8 Å². The van der Waals surface area contributed by atoms with Crippen LogP contribution in [0.1, 0.15) is 149 Å². The highest BCUT2D eigenvalue weighted by Gasteiger charge is 2.27. The molecule has 0 saturated carbocycles. The number of hydrogen-bond acceptors (Lipinski definition) is 8. The topological polar surface area (TPSA) is 155 Å². The van der Waals surface area contributed by atoms with Crippen LogP contribution in [0.4, 0.5) is 0 Å². The Morgan fingerprint density at radius 1 is 0.705 bits per heavy atom. The molecule has 44 heavy (non-hydrogen) atoms. The maximum atomic E-state index is 12.5. The minimum atomic E-state index is -4.60. The largest absolute Gasteiger partial charge is 0.480 e. The molecule has 0 radical (unpaired) electrons. The van der Waals surface area contributed by atoms with Gasteiger partial charge in [0.15, 0.2) is 0 Å². The molecule has 3 atom stereocenters. The van der Waals surface area contributed by atoms with Crippen LogP contribution in [0.25, 0.3) is 0 Å². The Hall–Kier alpha value is -1.29. The Labute approximate surface area is 267 Å². The molecular weight excluding hydrogens is 585 g/mol. The van der Waals surface area contributed by atoms with E-state index in [1.54, 1.807) is 0 Å². The van der Waals surface area contributed by atoms with Crippen molar-refractivity contribution >= 4 is 19.8 Å². The van der Waals surface area contributed by atoms with Gasteiger partial charge in [-0.1, -0.05) is 116 Å². The minimum Gasteiger partial charge on any atom is -0.480 e. The van der Waals surface area contributed by atoms with Crippen LogP contribution in [0.3, 0.4) is 0 Å². The SMILES string of the molecule is CCCCCCC/C=C\CCCCCCCC(=O)OC(COCCCCCCCCCC)COP(=O)(O)OCC(N)C(=O)O. The third-order valence-corrected chi connectivity index (χ3v) is 8.25. The standard InChI is InChI=1S/C33H64NO9P/c1-3-5-7-9-11-13-14-15-16-17-18-19-21-23-25-32(35)43-30(27-40-26-24-22-20-12-10-8-6-4-2)28-41-44(38,39)42-29-31(34)33(36)37/h14-15,30-31H,3-13,16-29,34H2,1-2H3,(H,36,37)(H,38,39)/b15-14-. The van der Waals surface area contributed by atoms with Crippen molar-refractivity contribution in [2.75, 3.05) is 26.4 Å². The molecular formula is C33H64NO9P. The molecule has 260 valence electrons. The first-order valence-corrected chi connectivity index (χ1v) is 18.7. The van der Waals surface area contributed by atoms with Crippen LogP contribution in [0.2, 0.25) is 0 Å². The predicted molar refractivity (Wildman–Crippen MR) is 175 cm³/mol. The number of carboxylic acid groups (broad SMARTS) is 1. The van der Waals surface area contributed by atoms with Crippen molar-refractivity contribution in [1.82, 2.24) is 0 Å². The average Bonchev–Trinajstić information content (AvgIpc) is 2.99. The predicted octanol–water partition coefficient (Wildman–Crippen LogP) is 8.25. The average molecular weight is 650 g/mol. The number of phosphoric ester groups is 1. The van der Waals surface area contributed by atoms with E-state index in [-0.39, 0.29) is 13.0 Å². The molecule has 0 rings (SSSR count). The molecule has 0 bridgehead atoms. The zero-order valence-corrected chi connectivity index (χ0v) is 28.7. The van der Waals surface area contributed by atoms with Gasteiger partial charge in [-0.15, -0.1) is 0 Å². The molecule has 0 saturated heterocycles. The highest BCUT2D eigenvalue weighted by molar-refractivity contribution is 7.47. The summed E-state index contributed by atoms with van der Waals surface area (Å²) < 4.78 is 33.0. The number of rotatable bonds is 33. The Bertz CT molecular complexity index is 766. The third kappa shape index (κ3) is 29.4. The maximum absolute atomic E-state index is 12.5. The van der Waals surface area contributed by atoms with Crippen molar-refractivity contribution in [3.8, 4) is 0 Å². The summed E-state index contributed by atoms with van der Waals surface area (Å²) in [5.41, 5.74) is 5.31. The van der Waals surface area contributed by atoms with Crippen LogP contribution in [0.15, 0.2) is 12.2 Å². The van der Waals surface area contributed by atoms with Gasteiger partial charge in [-0.3, -0.25) is 18.6 Å². The summed E-state index contributed by atoms with van der Waals surface area (Å²) >= 11 is 0. The first kappa shape index (κ1) is 42.7. The molecule has 0 aromatic rings. The maximum Gasteiger partial charge on any atom is 0.472 e. The number of phosphoric acid groups is 1. The van der Waals surface area contributed by atoms with Gasteiger partial charge < -0.3 is 25.2 Å². The normalized spacial score (nSPS) is 14.5. The molecule has 0 heterocycles. The summed E-state index contributed by atoms with van der Waals surface area (Å²) in [6, 6.07) is -1.47. The van der Waals surface area contributed by atoms with Crippen LogP contribution < -0.4 is 5.73 Å². The van der Waals surface area contributed by atoms with E-state index >= 15 is 0 Å². The van der Waals surface area contributed by atoms with E-state index in [1.165, 1.54) is 70.6 Å². The van der Waals surface area contributed by atoms with E-state index in [9.17, 15) is 19.0 Å². The second-order valence-corrected chi connectivity index (χ2v) is 13.1. The Balaban J connectivity index is 4.33. The van der Waals surface area contributed by atoms with Gasteiger partial charge in [-0.2, -0.15) is 0 Å². The quantitative estimate of drug-likeness (QED) is 0.0274. The number of hydrogen-bond donors (Lipinski definition) is 3. The number of ether oxygens (including phenoxy) is 2. The Morgan fingerprint density at radius 3 is 1.73 bits per heavy atom. The lowest BCUT2D eigenvalue weighted by Gasteiger charge is -2.20. The van der Waals surface area contributed by atoms with Crippen molar-refractivity contribution in [1.29, 1.82) is 0 Å². The number of allylic oxidation sites excluding steroid dienone is 2. The van der Waals surface area contributed by atoms with E-state index < -0.39 is 45.1 Å². The van der Waals surface area contributed by atoms with Crippen molar-refractivity contribution < 1.29 is 42.7 Å². The molecule has 0 aromatic heterocycles. The number of aliphatic carboxylic acids is 1. The lowest BCUT2D eigenvalue weighted by atomic mass is 10.1. The number of unbranched alkanes of at least 4 members (excludes halogenated alkanes) is 17. The van der Waals surface area contributed by atoms with Crippen LogP contribution in [-0.4, -0.2) is 60.5 Å². The fourth-order valence-corrected chi connectivity index (χ4v) is 5.32. The molecule has 0 aliphatic heterocycles. The molecule has 0 aromatic carbocycles. The van der Waals surface area contributed by atoms with Gasteiger partial charge in [0.05, 0.1) is 19.8 Å². The summed E-state index contributed by atoms with van der Waals surface area (Å²) in [5.74, 6) is -1.79. The molecule has 0 amide bonds. The van der Waals surface area contributed by atoms with E-state index in [1.807, 2.05) is 0 Å². The second kappa shape index (κ2) is 30.4. The first-order chi connectivity index (χ1) is 21.2. The summed E-state index contributed by atoms with van der Waals surface area (Å²) in [5, 5.41) is 8.82. The van der Waals surface area contributed by atoms with Gasteiger partial charge in [-0.05, 0) is 38.5 Å². The number of nitrogens with two attached hydrogens (primary N) is 1. The van der Waals surface area contributed by atoms with Crippen molar-refractivity contribution in [3.05, 3.63) is 12.2 Å². The van der Waals surface area contributed by atoms with Crippen molar-refractivity contribution in [3.63, 3.8) is 0 Å². The Kier molecular flexibility index (Phi) is 29.5. The molecule has 3 unspecified atom stereocenters. The van der Waals surface area contributed by atoms with E-state index in [2.05, 4.69) is 30.5 Å². The number of esters is 1. The summed E-state index contributed by atoms with van der Waals surface area (Å²) in [7, 11) is -4.60.